The van der Waals surface area contributed by atoms with E-state index in [0.717, 1.165) is 60.9 Å². The van der Waals surface area contributed by atoms with Crippen molar-refractivity contribution in [2.45, 2.75) is 0 Å². The molecule has 0 aliphatic heterocycles. The van der Waals surface area contributed by atoms with Crippen LogP contribution in [0, 0.1) is 35.8 Å². The highest BCUT2D eigenvalue weighted by Crippen LogP contribution is 2.43. The Morgan fingerprint density at radius 3 is 1.37 bits per heavy atom. The third-order valence-corrected chi connectivity index (χ3v) is 9.30. The summed E-state index contributed by atoms with van der Waals surface area (Å²) in [6.07, 6.45) is 0. The molecule has 0 fully saturated rings. The highest BCUT2D eigenvalue weighted by molar-refractivity contribution is 6.12. The van der Waals surface area contributed by atoms with Gasteiger partial charge >= 0.3 is 0 Å². The second-order valence-electron chi connectivity index (χ2n) is 12.1. The largest absolute Gasteiger partial charge is 0.309 e. The Bertz CT molecular complexity index is 2580. The van der Waals surface area contributed by atoms with Crippen molar-refractivity contribution in [1.82, 2.24) is 4.57 Å². The molecule has 8 aromatic rings. The summed E-state index contributed by atoms with van der Waals surface area (Å²) in [5.41, 5.74) is 11.4. The van der Waals surface area contributed by atoms with Crippen molar-refractivity contribution in [2.24, 2.45) is 0 Å². The van der Waals surface area contributed by atoms with Gasteiger partial charge in [0.15, 0.2) is 11.4 Å². The summed E-state index contributed by atoms with van der Waals surface area (Å²) < 4.78 is 2.22. The van der Waals surface area contributed by atoms with Gasteiger partial charge in [-0.3, -0.25) is 0 Å². The molecule has 0 radical (unpaired) electrons. The number of fused-ring (bicyclic) bond motifs is 3. The monoisotopic (exact) mass is 647 g/mol. The molecule has 5 nitrogen and oxygen atoms in total. The molecule has 1 heterocycles. The molecule has 0 atom stereocenters. The maximum atomic E-state index is 10.1. The molecular formula is C46H25N5. The Labute approximate surface area is 295 Å². The number of rotatable bonds is 5. The van der Waals surface area contributed by atoms with Gasteiger partial charge in [-0.2, -0.15) is 10.5 Å². The number of aromatic nitrogens is 1. The minimum atomic E-state index is 0.419. The Hall–Kier alpha value is -7.70. The SMILES string of the molecule is [C-]#[N+]c1cccc([N+]#[C-])c1-c1ccc2c3ccc(-c4c(C#N)cccc4C#N)cc3n(-c3cc(-c4ccccc4)cc(-c4ccccc4)c3)c2c1. The lowest BCUT2D eigenvalue weighted by atomic mass is 9.94. The van der Waals surface area contributed by atoms with Crippen LogP contribution >= 0.6 is 0 Å². The molecule has 51 heavy (non-hydrogen) atoms. The van der Waals surface area contributed by atoms with Gasteiger partial charge in [-0.05, 0) is 81.4 Å². The number of benzene rings is 7. The van der Waals surface area contributed by atoms with Crippen LogP contribution in [0.5, 0.6) is 0 Å². The molecule has 1 aromatic heterocycles. The summed E-state index contributed by atoms with van der Waals surface area (Å²) in [5, 5.41) is 22.1. The molecular weight excluding hydrogens is 623 g/mol. The van der Waals surface area contributed by atoms with E-state index in [9.17, 15) is 10.5 Å². The predicted molar refractivity (Wildman–Crippen MR) is 204 cm³/mol. The van der Waals surface area contributed by atoms with E-state index < -0.39 is 0 Å². The summed E-state index contributed by atoms with van der Waals surface area (Å²) in [6, 6.07) is 54.3. The van der Waals surface area contributed by atoms with Crippen LogP contribution < -0.4 is 0 Å². The van der Waals surface area contributed by atoms with Gasteiger partial charge < -0.3 is 4.57 Å². The fourth-order valence-electron chi connectivity index (χ4n) is 7.00. The first kappa shape index (κ1) is 30.6. The summed E-state index contributed by atoms with van der Waals surface area (Å²) >= 11 is 0. The normalized spacial score (nSPS) is 10.7. The van der Waals surface area contributed by atoms with E-state index >= 15 is 0 Å². The fourth-order valence-corrected chi connectivity index (χ4v) is 7.00. The van der Waals surface area contributed by atoms with Crippen LogP contribution in [-0.4, -0.2) is 4.57 Å². The van der Waals surface area contributed by atoms with E-state index in [1.807, 2.05) is 48.5 Å². The number of nitriles is 2. The van der Waals surface area contributed by atoms with Gasteiger partial charge in [-0.1, -0.05) is 109 Å². The highest BCUT2D eigenvalue weighted by Gasteiger charge is 2.20. The Morgan fingerprint density at radius 2 is 0.902 bits per heavy atom. The fraction of sp³-hybridized carbons (Fsp3) is 0. The molecule has 0 N–H and O–H groups in total. The van der Waals surface area contributed by atoms with Gasteiger partial charge in [0.05, 0.1) is 47.4 Å². The zero-order chi connectivity index (χ0) is 34.9. The highest BCUT2D eigenvalue weighted by atomic mass is 15.0. The van der Waals surface area contributed by atoms with Crippen LogP contribution in [0.15, 0.2) is 152 Å². The Morgan fingerprint density at radius 1 is 0.431 bits per heavy atom. The molecule has 0 aliphatic carbocycles. The first-order valence-corrected chi connectivity index (χ1v) is 16.3. The summed E-state index contributed by atoms with van der Waals surface area (Å²) in [6.45, 7) is 15.8. The summed E-state index contributed by atoms with van der Waals surface area (Å²) in [7, 11) is 0. The van der Waals surface area contributed by atoms with E-state index in [4.69, 9.17) is 13.1 Å². The quantitative estimate of drug-likeness (QED) is 0.175. The molecule has 0 saturated heterocycles. The minimum absolute atomic E-state index is 0.419. The molecule has 7 aromatic carbocycles. The molecule has 0 bridgehead atoms. The van der Waals surface area contributed by atoms with Crippen LogP contribution in [0.3, 0.4) is 0 Å². The molecule has 0 amide bonds. The second-order valence-corrected chi connectivity index (χ2v) is 12.1. The van der Waals surface area contributed by atoms with Crippen molar-refractivity contribution < 1.29 is 0 Å². The molecule has 0 aliphatic rings. The molecule has 5 heteroatoms. The van der Waals surface area contributed by atoms with Crippen molar-refractivity contribution in [1.29, 1.82) is 10.5 Å². The maximum Gasteiger partial charge on any atom is 0.184 e. The number of hydrogen-bond acceptors (Lipinski definition) is 2. The van der Waals surface area contributed by atoms with Crippen molar-refractivity contribution in [3.05, 3.63) is 186 Å². The lowest BCUT2D eigenvalue weighted by Gasteiger charge is -2.15. The van der Waals surface area contributed by atoms with Crippen molar-refractivity contribution in [3.63, 3.8) is 0 Å². The van der Waals surface area contributed by atoms with Crippen LogP contribution in [0.4, 0.5) is 11.4 Å². The smallest absolute Gasteiger partial charge is 0.184 e. The predicted octanol–water partition coefficient (Wildman–Crippen LogP) is 12.3. The Kier molecular flexibility index (Phi) is 7.64. The average Bonchev–Trinajstić information content (AvgIpc) is 3.53. The first-order chi connectivity index (χ1) is 25.1. The second kappa shape index (κ2) is 12.7. The van der Waals surface area contributed by atoms with Crippen LogP contribution in [0.25, 0.3) is 81.7 Å². The topological polar surface area (TPSA) is 61.2 Å². The standard InChI is InChI=1S/C46H25N5/c1-49-41-17-10-18-42(50-2)46(41)33-20-22-40-39-21-19-32(45-34(28-47)15-9-16-35(45)29-48)26-43(39)51(44(40)27-33)38-24-36(30-11-5-3-6-12-30)23-37(25-38)31-13-7-4-8-14-31/h3-27H. The van der Waals surface area contributed by atoms with Gasteiger partial charge in [0.2, 0.25) is 0 Å². The van der Waals surface area contributed by atoms with E-state index in [0.29, 0.717) is 33.6 Å². The molecule has 0 spiro atoms. The third-order valence-electron chi connectivity index (χ3n) is 9.30. The van der Waals surface area contributed by atoms with Gasteiger partial charge in [-0.25, -0.2) is 9.69 Å². The van der Waals surface area contributed by atoms with Crippen LogP contribution in [0.2, 0.25) is 0 Å². The van der Waals surface area contributed by atoms with Crippen LogP contribution in [-0.2, 0) is 0 Å². The zero-order valence-corrected chi connectivity index (χ0v) is 27.2. The summed E-state index contributed by atoms with van der Waals surface area (Å²) in [4.78, 5) is 7.55. The van der Waals surface area contributed by atoms with Crippen LogP contribution in [0.1, 0.15) is 11.1 Å². The van der Waals surface area contributed by atoms with Gasteiger partial charge in [0.25, 0.3) is 0 Å². The van der Waals surface area contributed by atoms with Crippen molar-refractivity contribution >= 4 is 33.2 Å². The van der Waals surface area contributed by atoms with Crippen molar-refractivity contribution in [2.75, 3.05) is 0 Å². The third kappa shape index (κ3) is 5.26. The molecule has 8 rings (SSSR count). The number of nitrogens with zero attached hydrogens (tertiary/aromatic N) is 5. The number of hydrogen-bond donors (Lipinski definition) is 0. The summed E-state index contributed by atoms with van der Waals surface area (Å²) in [5.74, 6) is 0. The van der Waals surface area contributed by atoms with Gasteiger partial charge in [-0.15, -0.1) is 0 Å². The lowest BCUT2D eigenvalue weighted by molar-refractivity contribution is 1.18. The average molecular weight is 648 g/mol. The van der Waals surface area contributed by atoms with Gasteiger partial charge in [0, 0.05) is 22.0 Å². The van der Waals surface area contributed by atoms with E-state index in [-0.39, 0.29) is 0 Å². The maximum absolute atomic E-state index is 10.1. The molecule has 0 unspecified atom stereocenters. The van der Waals surface area contributed by atoms with E-state index in [1.54, 1.807) is 36.4 Å². The minimum Gasteiger partial charge on any atom is -0.309 e. The zero-order valence-electron chi connectivity index (χ0n) is 27.2. The molecule has 234 valence electrons. The van der Waals surface area contributed by atoms with E-state index in [1.165, 1.54) is 0 Å². The van der Waals surface area contributed by atoms with E-state index in [2.05, 4.69) is 93.1 Å². The lowest BCUT2D eigenvalue weighted by Crippen LogP contribution is -1.97. The molecule has 0 saturated carbocycles. The first-order valence-electron chi connectivity index (χ1n) is 16.3. The van der Waals surface area contributed by atoms with Crippen molar-refractivity contribution in [3.8, 4) is 62.3 Å². The Balaban J connectivity index is 1.50. The van der Waals surface area contributed by atoms with Gasteiger partial charge in [0.1, 0.15) is 0 Å².